The van der Waals surface area contributed by atoms with Crippen molar-refractivity contribution < 1.29 is 19.1 Å². The number of para-hydroxylation sites is 2. The maximum atomic E-state index is 12.8. The first-order valence-corrected chi connectivity index (χ1v) is 9.31. The van der Waals surface area contributed by atoms with Gasteiger partial charge in [0, 0.05) is 0 Å². The minimum absolute atomic E-state index is 0.200. The molecular formula is C21H21N3O4. The number of nitrogens with one attached hydrogen (secondary N) is 1. The highest BCUT2D eigenvalue weighted by Crippen LogP contribution is 2.39. The third-order valence-corrected chi connectivity index (χ3v) is 4.76. The SMILES string of the molecule is CCOC(=O)[C@@H]1C(=O)Nc2nc3ccccc3n2[C@@H]1c1cccc(OCC)c1. The van der Waals surface area contributed by atoms with Crippen molar-refractivity contribution in [3.63, 3.8) is 0 Å². The number of ether oxygens (including phenoxy) is 2. The lowest BCUT2D eigenvalue weighted by molar-refractivity contribution is -0.152. The van der Waals surface area contributed by atoms with Crippen LogP contribution in [0.1, 0.15) is 25.5 Å². The lowest BCUT2D eigenvalue weighted by Crippen LogP contribution is -2.43. The number of fused-ring (bicyclic) bond motifs is 3. The van der Waals surface area contributed by atoms with E-state index in [2.05, 4.69) is 10.3 Å². The van der Waals surface area contributed by atoms with E-state index >= 15 is 0 Å². The average molecular weight is 379 g/mol. The predicted molar refractivity (Wildman–Crippen MR) is 104 cm³/mol. The van der Waals surface area contributed by atoms with Crippen molar-refractivity contribution in [2.75, 3.05) is 18.5 Å². The van der Waals surface area contributed by atoms with E-state index in [1.807, 2.05) is 60.0 Å². The Morgan fingerprint density at radius 2 is 1.96 bits per heavy atom. The molecule has 4 rings (SSSR count). The molecule has 0 unspecified atom stereocenters. The normalized spacial score (nSPS) is 18.4. The van der Waals surface area contributed by atoms with Gasteiger partial charge >= 0.3 is 5.97 Å². The van der Waals surface area contributed by atoms with E-state index < -0.39 is 23.8 Å². The molecule has 0 spiro atoms. The first kappa shape index (κ1) is 18.0. The van der Waals surface area contributed by atoms with Crippen LogP contribution in [0.15, 0.2) is 48.5 Å². The molecule has 0 radical (unpaired) electrons. The van der Waals surface area contributed by atoms with Crippen LogP contribution >= 0.6 is 0 Å². The second-order valence-corrected chi connectivity index (χ2v) is 6.46. The van der Waals surface area contributed by atoms with Crippen molar-refractivity contribution in [1.82, 2.24) is 9.55 Å². The quantitative estimate of drug-likeness (QED) is 0.544. The van der Waals surface area contributed by atoms with E-state index in [-0.39, 0.29) is 6.61 Å². The lowest BCUT2D eigenvalue weighted by atomic mass is 9.90. The summed E-state index contributed by atoms with van der Waals surface area (Å²) in [5.41, 5.74) is 2.36. The number of aromatic nitrogens is 2. The Hall–Kier alpha value is -3.35. The molecule has 144 valence electrons. The molecule has 2 heterocycles. The number of nitrogens with zero attached hydrogens (tertiary/aromatic N) is 2. The number of rotatable bonds is 5. The van der Waals surface area contributed by atoms with E-state index in [9.17, 15) is 9.59 Å². The number of carbonyl (C=O) groups is 2. The molecule has 0 saturated carbocycles. The van der Waals surface area contributed by atoms with Gasteiger partial charge in [0.2, 0.25) is 11.9 Å². The monoisotopic (exact) mass is 379 g/mol. The van der Waals surface area contributed by atoms with Crippen LogP contribution < -0.4 is 10.1 Å². The Balaban J connectivity index is 1.93. The molecular weight excluding hydrogens is 358 g/mol. The van der Waals surface area contributed by atoms with Crippen LogP contribution in [0.3, 0.4) is 0 Å². The summed E-state index contributed by atoms with van der Waals surface area (Å²) in [6.07, 6.45) is 0. The molecule has 0 fully saturated rings. The Morgan fingerprint density at radius 1 is 1.14 bits per heavy atom. The number of carbonyl (C=O) groups excluding carboxylic acids is 2. The maximum absolute atomic E-state index is 12.8. The highest BCUT2D eigenvalue weighted by atomic mass is 16.5. The molecule has 1 aliphatic heterocycles. The standard InChI is InChI=1S/C21H21N3O4/c1-3-27-14-9-7-8-13(12-14)18-17(20(26)28-4-2)19(25)23-21-22-15-10-5-6-11-16(15)24(18)21/h5-12,17-18H,3-4H2,1-2H3,(H,22,23,25)/t17-,18+/m0/s1. The smallest absolute Gasteiger partial charge is 0.321 e. The summed E-state index contributed by atoms with van der Waals surface area (Å²) in [6, 6.07) is 14.4. The zero-order valence-electron chi connectivity index (χ0n) is 15.7. The molecule has 1 amide bonds. The summed E-state index contributed by atoms with van der Waals surface area (Å²) in [5.74, 6) is -0.914. The number of anilines is 1. The van der Waals surface area contributed by atoms with Gasteiger partial charge in [-0.2, -0.15) is 0 Å². The third-order valence-electron chi connectivity index (χ3n) is 4.76. The average Bonchev–Trinajstić information content (AvgIpc) is 3.05. The molecule has 0 bridgehead atoms. The van der Waals surface area contributed by atoms with Gasteiger partial charge in [0.1, 0.15) is 5.75 Å². The summed E-state index contributed by atoms with van der Waals surface area (Å²) < 4.78 is 12.7. The van der Waals surface area contributed by atoms with Crippen LogP contribution in [0.4, 0.5) is 5.95 Å². The largest absolute Gasteiger partial charge is 0.494 e. The number of hydrogen-bond donors (Lipinski definition) is 1. The van der Waals surface area contributed by atoms with E-state index in [0.29, 0.717) is 18.3 Å². The molecule has 2 atom stereocenters. The molecule has 3 aromatic rings. The van der Waals surface area contributed by atoms with Gasteiger partial charge in [-0.3, -0.25) is 14.9 Å². The lowest BCUT2D eigenvalue weighted by Gasteiger charge is -2.32. The second kappa shape index (κ2) is 7.34. The molecule has 1 aliphatic rings. The van der Waals surface area contributed by atoms with Gasteiger partial charge in [-0.1, -0.05) is 24.3 Å². The Morgan fingerprint density at radius 3 is 2.75 bits per heavy atom. The number of esters is 1. The predicted octanol–water partition coefficient (Wildman–Crippen LogP) is 3.16. The van der Waals surface area contributed by atoms with Gasteiger partial charge < -0.3 is 14.0 Å². The van der Waals surface area contributed by atoms with Gasteiger partial charge in [0.15, 0.2) is 5.92 Å². The van der Waals surface area contributed by atoms with Gasteiger partial charge in [-0.25, -0.2) is 4.98 Å². The first-order chi connectivity index (χ1) is 13.6. The summed E-state index contributed by atoms with van der Waals surface area (Å²) >= 11 is 0. The van der Waals surface area contributed by atoms with E-state index in [1.165, 1.54) is 0 Å². The number of amides is 1. The number of benzene rings is 2. The van der Waals surface area contributed by atoms with Gasteiger partial charge in [-0.05, 0) is 43.7 Å². The van der Waals surface area contributed by atoms with Crippen molar-refractivity contribution in [2.24, 2.45) is 5.92 Å². The fourth-order valence-corrected chi connectivity index (χ4v) is 3.66. The molecule has 7 heteroatoms. The fraction of sp³-hybridized carbons (Fsp3) is 0.286. The summed E-state index contributed by atoms with van der Waals surface area (Å²) in [6.45, 7) is 4.35. The third kappa shape index (κ3) is 2.98. The summed E-state index contributed by atoms with van der Waals surface area (Å²) in [4.78, 5) is 30.1. The van der Waals surface area contributed by atoms with Crippen molar-refractivity contribution in [1.29, 1.82) is 0 Å². The summed E-state index contributed by atoms with van der Waals surface area (Å²) in [5, 5.41) is 2.76. The van der Waals surface area contributed by atoms with Crippen LogP contribution in [0, 0.1) is 5.92 Å². The molecule has 2 aromatic carbocycles. The van der Waals surface area contributed by atoms with Crippen molar-refractivity contribution in [2.45, 2.75) is 19.9 Å². The van der Waals surface area contributed by atoms with Crippen LogP contribution in [-0.4, -0.2) is 34.6 Å². The van der Waals surface area contributed by atoms with Crippen molar-refractivity contribution >= 4 is 28.9 Å². The molecule has 7 nitrogen and oxygen atoms in total. The molecule has 1 aromatic heterocycles. The molecule has 0 saturated heterocycles. The van der Waals surface area contributed by atoms with Crippen molar-refractivity contribution in [3.05, 3.63) is 54.1 Å². The minimum atomic E-state index is -1.03. The number of hydrogen-bond acceptors (Lipinski definition) is 5. The molecule has 0 aliphatic carbocycles. The zero-order valence-corrected chi connectivity index (χ0v) is 15.7. The highest BCUT2D eigenvalue weighted by molar-refractivity contribution is 6.07. The first-order valence-electron chi connectivity index (χ1n) is 9.31. The van der Waals surface area contributed by atoms with Gasteiger partial charge in [-0.15, -0.1) is 0 Å². The second-order valence-electron chi connectivity index (χ2n) is 6.46. The Labute approximate surface area is 162 Å². The van der Waals surface area contributed by atoms with Crippen LogP contribution in [-0.2, 0) is 14.3 Å². The molecule has 28 heavy (non-hydrogen) atoms. The van der Waals surface area contributed by atoms with Gasteiger partial charge in [0.25, 0.3) is 0 Å². The zero-order chi connectivity index (χ0) is 19.7. The van der Waals surface area contributed by atoms with Crippen molar-refractivity contribution in [3.8, 4) is 5.75 Å². The Kier molecular flexibility index (Phi) is 4.73. The van der Waals surface area contributed by atoms with Crippen LogP contribution in [0.5, 0.6) is 5.75 Å². The maximum Gasteiger partial charge on any atom is 0.321 e. The van der Waals surface area contributed by atoms with Gasteiger partial charge in [0.05, 0.1) is 30.3 Å². The summed E-state index contributed by atoms with van der Waals surface area (Å²) in [7, 11) is 0. The fourth-order valence-electron chi connectivity index (χ4n) is 3.66. The number of imidazole rings is 1. The van der Waals surface area contributed by atoms with E-state index in [4.69, 9.17) is 9.47 Å². The Bertz CT molecular complexity index is 1040. The highest BCUT2D eigenvalue weighted by Gasteiger charge is 2.44. The van der Waals surface area contributed by atoms with Crippen LogP contribution in [0.25, 0.3) is 11.0 Å². The van der Waals surface area contributed by atoms with Crippen LogP contribution in [0.2, 0.25) is 0 Å². The van der Waals surface area contributed by atoms with E-state index in [1.54, 1.807) is 6.92 Å². The van der Waals surface area contributed by atoms with E-state index in [0.717, 1.165) is 16.6 Å². The topological polar surface area (TPSA) is 82.5 Å². The molecule has 1 N–H and O–H groups in total. The minimum Gasteiger partial charge on any atom is -0.494 e.